The second kappa shape index (κ2) is 8.46. The monoisotopic (exact) mass is 427 g/mol. The Morgan fingerprint density at radius 2 is 1.93 bits per heavy atom. The second-order valence-corrected chi connectivity index (χ2v) is 8.35. The summed E-state index contributed by atoms with van der Waals surface area (Å²) in [6.07, 6.45) is -0.208. The van der Waals surface area contributed by atoms with Gasteiger partial charge in [-0.25, -0.2) is 13.3 Å². The van der Waals surface area contributed by atoms with Crippen LogP contribution < -0.4 is 5.32 Å². The van der Waals surface area contributed by atoms with Crippen LogP contribution in [0.1, 0.15) is 15.2 Å². The van der Waals surface area contributed by atoms with E-state index in [1.807, 2.05) is 24.3 Å². The van der Waals surface area contributed by atoms with Gasteiger partial charge in [-0.3, -0.25) is 9.32 Å². The molecule has 0 unspecified atom stereocenters. The minimum absolute atomic E-state index is 0.0454. The van der Waals surface area contributed by atoms with Crippen molar-refractivity contribution >= 4 is 35.2 Å². The molecule has 148 valence electrons. The van der Waals surface area contributed by atoms with Gasteiger partial charge in [0.2, 0.25) is 0 Å². The molecule has 1 amide bonds. The van der Waals surface area contributed by atoms with Gasteiger partial charge in [0.25, 0.3) is 5.91 Å². The van der Waals surface area contributed by atoms with Gasteiger partial charge in [-0.05, 0) is 35.6 Å². The van der Waals surface area contributed by atoms with Gasteiger partial charge in [-0.2, -0.15) is 0 Å². The van der Waals surface area contributed by atoms with Gasteiger partial charge in [0.05, 0.1) is 17.5 Å². The van der Waals surface area contributed by atoms with Crippen LogP contribution in [0.3, 0.4) is 0 Å². The molecule has 6 nitrogen and oxygen atoms in total. The Morgan fingerprint density at radius 1 is 1.18 bits per heavy atom. The van der Waals surface area contributed by atoms with Gasteiger partial charge in [0, 0.05) is 4.70 Å². The fraction of sp³-hybridized carbons (Fsp3) is 0.167. The lowest BCUT2D eigenvalue weighted by atomic mass is 10.1. The van der Waals surface area contributed by atoms with Crippen molar-refractivity contribution < 1.29 is 32.5 Å². The number of hydrogen-bond donors (Lipinski definition) is 3. The first-order valence-electron chi connectivity index (χ1n) is 8.15. The van der Waals surface area contributed by atoms with E-state index < -0.39 is 38.0 Å². The molecular formula is C18H16F2NO5PS. The number of phosphoric ester groups is 1. The van der Waals surface area contributed by atoms with Gasteiger partial charge < -0.3 is 15.1 Å². The van der Waals surface area contributed by atoms with E-state index in [2.05, 4.69) is 9.84 Å². The van der Waals surface area contributed by atoms with Crippen molar-refractivity contribution in [2.75, 3.05) is 6.61 Å². The minimum Gasteiger partial charge on any atom is -0.346 e. The van der Waals surface area contributed by atoms with E-state index in [1.54, 1.807) is 6.07 Å². The van der Waals surface area contributed by atoms with E-state index in [-0.39, 0.29) is 12.0 Å². The molecule has 0 fully saturated rings. The van der Waals surface area contributed by atoms with Crippen LogP contribution in [0, 0.1) is 11.6 Å². The number of halogens is 2. The van der Waals surface area contributed by atoms with Crippen LogP contribution in [0.4, 0.5) is 8.78 Å². The Kier molecular flexibility index (Phi) is 6.22. The summed E-state index contributed by atoms with van der Waals surface area (Å²) in [6, 6.07) is 11.7. The van der Waals surface area contributed by atoms with Crippen molar-refractivity contribution in [3.05, 3.63) is 70.6 Å². The Morgan fingerprint density at radius 3 is 2.64 bits per heavy atom. The standard InChI is InChI=1S/C18H16F2NO5PS/c19-14-6-3-5-12(17(14)20)8-13(10-26-27(23,24)25)21-18(22)16-9-11-4-1-2-7-15(11)28-16/h1-7,9,13H,8,10H2,(H,21,22)(H2,23,24,25)/t13-/m1/s1. The summed E-state index contributed by atoms with van der Waals surface area (Å²) < 4.78 is 43.8. The van der Waals surface area contributed by atoms with Gasteiger partial charge in [-0.15, -0.1) is 11.3 Å². The summed E-state index contributed by atoms with van der Waals surface area (Å²) in [4.78, 5) is 30.8. The number of amides is 1. The van der Waals surface area contributed by atoms with Crippen LogP contribution in [-0.4, -0.2) is 28.3 Å². The number of thiophene rings is 1. The lowest BCUT2D eigenvalue weighted by Gasteiger charge is -2.19. The molecule has 28 heavy (non-hydrogen) atoms. The van der Waals surface area contributed by atoms with Crippen LogP contribution in [-0.2, 0) is 15.5 Å². The molecule has 1 heterocycles. The highest BCUT2D eigenvalue weighted by molar-refractivity contribution is 7.46. The molecule has 3 N–H and O–H groups in total. The van der Waals surface area contributed by atoms with Crippen LogP contribution in [0.15, 0.2) is 48.5 Å². The predicted octanol–water partition coefficient (Wildman–Crippen LogP) is 3.63. The highest BCUT2D eigenvalue weighted by Crippen LogP contribution is 2.36. The van der Waals surface area contributed by atoms with Crippen molar-refractivity contribution in [1.82, 2.24) is 5.32 Å². The minimum atomic E-state index is -4.80. The summed E-state index contributed by atoms with van der Waals surface area (Å²) in [5.74, 6) is -2.64. The first-order valence-corrected chi connectivity index (χ1v) is 10.5. The summed E-state index contributed by atoms with van der Waals surface area (Å²) in [5, 5.41) is 3.45. The molecule has 2 aromatic carbocycles. The van der Waals surface area contributed by atoms with Crippen molar-refractivity contribution in [2.24, 2.45) is 0 Å². The molecule has 0 aliphatic rings. The number of nitrogens with one attached hydrogen (secondary N) is 1. The van der Waals surface area contributed by atoms with Crippen molar-refractivity contribution in [1.29, 1.82) is 0 Å². The molecular weight excluding hydrogens is 411 g/mol. The molecule has 3 aromatic rings. The van der Waals surface area contributed by atoms with Crippen LogP contribution in [0.5, 0.6) is 0 Å². The van der Waals surface area contributed by atoms with E-state index in [0.29, 0.717) is 4.88 Å². The van der Waals surface area contributed by atoms with E-state index in [1.165, 1.54) is 23.5 Å². The molecule has 3 rings (SSSR count). The number of phosphoric acid groups is 1. The molecule has 1 aromatic heterocycles. The van der Waals surface area contributed by atoms with Gasteiger partial charge in [0.15, 0.2) is 11.6 Å². The SMILES string of the molecule is O=C(N[C@@H](COP(=O)(O)O)Cc1cccc(F)c1F)c1cc2ccccc2s1. The maximum Gasteiger partial charge on any atom is 0.469 e. The fourth-order valence-corrected chi connectivity index (χ4v) is 4.00. The summed E-state index contributed by atoms with van der Waals surface area (Å²) in [7, 11) is -4.80. The average Bonchev–Trinajstić information content (AvgIpc) is 3.07. The van der Waals surface area contributed by atoms with E-state index in [4.69, 9.17) is 9.79 Å². The highest BCUT2D eigenvalue weighted by atomic mass is 32.1. The maximum atomic E-state index is 14.0. The number of carbonyl (C=O) groups excluding carboxylic acids is 1. The molecule has 0 radical (unpaired) electrons. The van der Waals surface area contributed by atoms with Gasteiger partial charge >= 0.3 is 7.82 Å². The third-order valence-corrected chi connectivity index (χ3v) is 5.53. The van der Waals surface area contributed by atoms with Gasteiger partial charge in [-0.1, -0.05) is 30.3 Å². The Bertz CT molecular complexity index is 1020. The molecule has 0 aliphatic carbocycles. The normalized spacial score (nSPS) is 12.9. The fourth-order valence-electron chi connectivity index (χ4n) is 2.66. The molecule has 0 saturated heterocycles. The number of fused-ring (bicyclic) bond motifs is 1. The summed E-state index contributed by atoms with van der Waals surface area (Å²) in [6.45, 7) is -0.573. The van der Waals surface area contributed by atoms with Crippen molar-refractivity contribution in [2.45, 2.75) is 12.5 Å². The van der Waals surface area contributed by atoms with Crippen LogP contribution in [0.2, 0.25) is 0 Å². The first kappa shape index (κ1) is 20.6. The Balaban J connectivity index is 1.80. The van der Waals surface area contributed by atoms with Crippen molar-refractivity contribution in [3.63, 3.8) is 0 Å². The topological polar surface area (TPSA) is 95.9 Å². The number of carbonyl (C=O) groups is 1. The number of benzene rings is 2. The molecule has 1 atom stereocenters. The largest absolute Gasteiger partial charge is 0.469 e. The molecule has 0 aliphatic heterocycles. The summed E-state index contributed by atoms with van der Waals surface area (Å²) in [5.41, 5.74) is -0.0454. The number of rotatable bonds is 7. The second-order valence-electron chi connectivity index (χ2n) is 6.02. The Labute approximate surface area is 163 Å². The number of hydrogen-bond acceptors (Lipinski definition) is 4. The van der Waals surface area contributed by atoms with Crippen LogP contribution >= 0.6 is 19.2 Å². The third-order valence-electron chi connectivity index (χ3n) is 3.93. The molecule has 0 bridgehead atoms. The third kappa shape index (κ3) is 5.21. The van der Waals surface area contributed by atoms with Crippen molar-refractivity contribution in [3.8, 4) is 0 Å². The zero-order chi connectivity index (χ0) is 20.3. The van der Waals surface area contributed by atoms with Crippen LogP contribution in [0.25, 0.3) is 10.1 Å². The highest BCUT2D eigenvalue weighted by Gasteiger charge is 2.23. The van der Waals surface area contributed by atoms with Gasteiger partial charge in [0.1, 0.15) is 0 Å². The lowest BCUT2D eigenvalue weighted by Crippen LogP contribution is -2.39. The smallest absolute Gasteiger partial charge is 0.346 e. The lowest BCUT2D eigenvalue weighted by molar-refractivity contribution is 0.0913. The quantitative estimate of drug-likeness (QED) is 0.501. The predicted molar refractivity (Wildman–Crippen MR) is 101 cm³/mol. The Hall–Kier alpha value is -2.16. The first-order chi connectivity index (χ1) is 13.2. The zero-order valence-corrected chi connectivity index (χ0v) is 16.1. The maximum absolute atomic E-state index is 14.0. The molecule has 10 heteroatoms. The average molecular weight is 427 g/mol. The van der Waals surface area contributed by atoms with E-state index >= 15 is 0 Å². The molecule has 0 spiro atoms. The van der Waals surface area contributed by atoms with E-state index in [0.717, 1.165) is 16.2 Å². The molecule has 0 saturated carbocycles. The van der Waals surface area contributed by atoms with E-state index in [9.17, 15) is 18.1 Å². The zero-order valence-electron chi connectivity index (χ0n) is 14.3. The summed E-state index contributed by atoms with van der Waals surface area (Å²) >= 11 is 1.24.